The highest BCUT2D eigenvalue weighted by atomic mass is 32.2. The van der Waals surface area contributed by atoms with E-state index in [4.69, 9.17) is 4.74 Å². The summed E-state index contributed by atoms with van der Waals surface area (Å²) in [4.78, 5) is 29.2. The van der Waals surface area contributed by atoms with Crippen LogP contribution in [0.4, 0.5) is 0 Å². The van der Waals surface area contributed by atoms with Gasteiger partial charge in [-0.1, -0.05) is 11.3 Å². The number of sulfonamides is 1. The van der Waals surface area contributed by atoms with Gasteiger partial charge >= 0.3 is 5.97 Å². The average Bonchev–Trinajstić information content (AvgIpc) is 3.07. The molecule has 3 rings (SSSR count). The number of benzene rings is 2. The molecule has 0 N–H and O–H groups in total. The minimum atomic E-state index is -3.63. The van der Waals surface area contributed by atoms with E-state index in [2.05, 4.69) is 4.99 Å². The summed E-state index contributed by atoms with van der Waals surface area (Å²) in [7, 11) is 0.985. The van der Waals surface area contributed by atoms with Crippen LogP contribution in [-0.4, -0.2) is 49.4 Å². The molecule has 0 unspecified atom stereocenters. The lowest BCUT2D eigenvalue weighted by molar-refractivity contribution is 0.0600. The van der Waals surface area contributed by atoms with Crippen molar-refractivity contribution < 1.29 is 22.7 Å². The fraction of sp³-hybridized carbons (Fsp3) is 0.286. The molecule has 2 aromatic carbocycles. The number of nitrogens with zero attached hydrogens (tertiary/aromatic N) is 3. The summed E-state index contributed by atoms with van der Waals surface area (Å²) in [5.74, 6) is -0.929. The number of amides is 1. The van der Waals surface area contributed by atoms with Gasteiger partial charge in [0.1, 0.15) is 0 Å². The van der Waals surface area contributed by atoms with Crippen LogP contribution in [0.3, 0.4) is 0 Å². The molecule has 1 aromatic heterocycles. The predicted octanol–water partition coefficient (Wildman–Crippen LogP) is 2.80. The zero-order valence-corrected chi connectivity index (χ0v) is 19.5. The van der Waals surface area contributed by atoms with Crippen LogP contribution in [0.15, 0.2) is 52.4 Å². The van der Waals surface area contributed by atoms with E-state index >= 15 is 0 Å². The van der Waals surface area contributed by atoms with Gasteiger partial charge in [0.2, 0.25) is 10.0 Å². The van der Waals surface area contributed by atoms with Crippen molar-refractivity contribution in [2.75, 3.05) is 14.2 Å². The molecule has 0 spiro atoms. The molecule has 1 amide bonds. The van der Waals surface area contributed by atoms with E-state index in [0.29, 0.717) is 10.4 Å². The smallest absolute Gasteiger partial charge is 0.337 e. The lowest BCUT2D eigenvalue weighted by Crippen LogP contribution is -2.33. The molecule has 0 saturated heterocycles. The summed E-state index contributed by atoms with van der Waals surface area (Å²) >= 11 is 1.27. The number of carbonyl (C=O) groups is 2. The van der Waals surface area contributed by atoms with Crippen molar-refractivity contribution in [3.8, 4) is 0 Å². The largest absolute Gasteiger partial charge is 0.465 e. The number of rotatable bonds is 5. The Labute approximate surface area is 184 Å². The monoisotopic (exact) mass is 461 g/mol. The van der Waals surface area contributed by atoms with Crippen LogP contribution in [0.2, 0.25) is 0 Å². The zero-order valence-electron chi connectivity index (χ0n) is 17.8. The maximum Gasteiger partial charge on any atom is 0.337 e. The first-order valence-corrected chi connectivity index (χ1v) is 11.7. The van der Waals surface area contributed by atoms with Gasteiger partial charge in [0.15, 0.2) is 4.80 Å². The van der Waals surface area contributed by atoms with Crippen molar-refractivity contribution in [1.29, 1.82) is 0 Å². The molecule has 0 fully saturated rings. The Kier molecular flexibility index (Phi) is 6.44. The van der Waals surface area contributed by atoms with Gasteiger partial charge in [-0.05, 0) is 56.3 Å². The maximum absolute atomic E-state index is 12.7. The van der Waals surface area contributed by atoms with Crippen molar-refractivity contribution >= 4 is 43.5 Å². The van der Waals surface area contributed by atoms with Gasteiger partial charge in [0.25, 0.3) is 5.91 Å². The van der Waals surface area contributed by atoms with E-state index in [9.17, 15) is 18.0 Å². The molecule has 3 aromatic rings. The van der Waals surface area contributed by atoms with E-state index in [1.165, 1.54) is 54.1 Å². The van der Waals surface area contributed by atoms with Crippen LogP contribution < -0.4 is 4.80 Å². The molecular formula is C21H23N3O5S2. The van der Waals surface area contributed by atoms with Crippen molar-refractivity contribution in [3.63, 3.8) is 0 Å². The van der Waals surface area contributed by atoms with Crippen LogP contribution in [0.1, 0.15) is 34.6 Å². The summed E-state index contributed by atoms with van der Waals surface area (Å²) < 4.78 is 33.7. The number of hydrogen-bond acceptors (Lipinski definition) is 6. The van der Waals surface area contributed by atoms with Gasteiger partial charge in [-0.15, -0.1) is 0 Å². The topological polar surface area (TPSA) is 98.0 Å². The molecule has 0 aliphatic rings. The number of carbonyl (C=O) groups excluding carboxylic acids is 2. The van der Waals surface area contributed by atoms with Crippen LogP contribution in [-0.2, 0) is 21.8 Å². The second kappa shape index (κ2) is 8.74. The quantitative estimate of drug-likeness (QED) is 0.544. The van der Waals surface area contributed by atoms with Gasteiger partial charge in [0, 0.05) is 25.7 Å². The third kappa shape index (κ3) is 4.46. The molecule has 0 atom stereocenters. The molecule has 0 bridgehead atoms. The fourth-order valence-electron chi connectivity index (χ4n) is 2.85. The molecule has 164 valence electrons. The first-order chi connectivity index (χ1) is 14.6. The van der Waals surface area contributed by atoms with Gasteiger partial charge in [-0.3, -0.25) is 4.79 Å². The van der Waals surface area contributed by atoms with Crippen molar-refractivity contribution in [1.82, 2.24) is 8.87 Å². The van der Waals surface area contributed by atoms with Crippen molar-refractivity contribution in [2.24, 2.45) is 12.0 Å². The van der Waals surface area contributed by atoms with Crippen LogP contribution in [0, 0.1) is 0 Å². The van der Waals surface area contributed by atoms with Crippen molar-refractivity contribution in [2.45, 2.75) is 24.8 Å². The molecule has 1 heterocycles. The normalized spacial score (nSPS) is 12.7. The molecule has 0 aliphatic heterocycles. The van der Waals surface area contributed by atoms with Gasteiger partial charge < -0.3 is 9.30 Å². The van der Waals surface area contributed by atoms with E-state index in [0.717, 1.165) is 10.2 Å². The standard InChI is InChI=1S/C21H23N3O5S2/c1-13(2)24(4)31(27,28)16-9-6-14(7-10-16)19(25)22-21-23(3)17-11-8-15(20(26)29-5)12-18(17)30-21/h6-13H,1-5H3. The summed E-state index contributed by atoms with van der Waals surface area (Å²) in [5, 5.41) is 0. The van der Waals surface area contributed by atoms with E-state index < -0.39 is 21.9 Å². The van der Waals surface area contributed by atoms with Crippen molar-refractivity contribution in [3.05, 3.63) is 58.4 Å². The Morgan fingerprint density at radius 3 is 2.29 bits per heavy atom. The third-order valence-corrected chi connectivity index (χ3v) is 8.08. The average molecular weight is 462 g/mol. The fourth-order valence-corrected chi connectivity index (χ4v) is 5.27. The number of aryl methyl sites for hydroxylation is 1. The number of ether oxygens (including phenoxy) is 1. The van der Waals surface area contributed by atoms with Crippen LogP contribution in [0.25, 0.3) is 10.2 Å². The highest BCUT2D eigenvalue weighted by Gasteiger charge is 2.23. The van der Waals surface area contributed by atoms with E-state index in [1.54, 1.807) is 43.7 Å². The molecule has 0 radical (unpaired) electrons. The molecular weight excluding hydrogens is 438 g/mol. The molecule has 31 heavy (non-hydrogen) atoms. The number of methoxy groups -OCH3 is 1. The highest BCUT2D eigenvalue weighted by Crippen LogP contribution is 2.20. The Hall–Kier alpha value is -2.82. The Bertz CT molecular complexity index is 1320. The molecule has 8 nitrogen and oxygen atoms in total. The first-order valence-electron chi connectivity index (χ1n) is 9.41. The molecule has 0 saturated carbocycles. The predicted molar refractivity (Wildman–Crippen MR) is 119 cm³/mol. The number of aromatic nitrogens is 1. The molecule has 0 aliphatic carbocycles. The van der Waals surface area contributed by atoms with Crippen LogP contribution in [0.5, 0.6) is 0 Å². The summed E-state index contributed by atoms with van der Waals surface area (Å²) in [6.07, 6.45) is 0. The molecule has 10 heteroatoms. The van der Waals surface area contributed by atoms with E-state index in [-0.39, 0.29) is 16.5 Å². The van der Waals surface area contributed by atoms with Crippen LogP contribution >= 0.6 is 11.3 Å². The minimum Gasteiger partial charge on any atom is -0.465 e. The SMILES string of the molecule is COC(=O)c1ccc2c(c1)sc(=NC(=O)c1ccc(S(=O)(=O)N(C)C(C)C)cc1)n2C. The number of thiazole rings is 1. The zero-order chi connectivity index (χ0) is 22.9. The second-order valence-electron chi connectivity index (χ2n) is 7.17. The Morgan fingerprint density at radius 2 is 1.71 bits per heavy atom. The summed E-state index contributed by atoms with van der Waals surface area (Å²) in [5.41, 5.74) is 1.51. The Balaban J connectivity index is 1.94. The first kappa shape index (κ1) is 22.9. The number of hydrogen-bond donors (Lipinski definition) is 0. The lowest BCUT2D eigenvalue weighted by Gasteiger charge is -2.20. The summed E-state index contributed by atoms with van der Waals surface area (Å²) in [6, 6.07) is 10.7. The summed E-state index contributed by atoms with van der Waals surface area (Å²) in [6.45, 7) is 3.57. The third-order valence-electron chi connectivity index (χ3n) is 4.93. The minimum absolute atomic E-state index is 0.114. The maximum atomic E-state index is 12.7. The van der Waals surface area contributed by atoms with E-state index in [1.807, 2.05) is 0 Å². The lowest BCUT2D eigenvalue weighted by atomic mass is 10.2. The van der Waals surface area contributed by atoms with Gasteiger partial charge in [-0.2, -0.15) is 9.30 Å². The second-order valence-corrected chi connectivity index (χ2v) is 10.2. The van der Waals surface area contributed by atoms with Gasteiger partial charge in [0.05, 0.1) is 27.8 Å². The number of esters is 1. The highest BCUT2D eigenvalue weighted by molar-refractivity contribution is 7.89. The number of fused-ring (bicyclic) bond motifs is 1. The Morgan fingerprint density at radius 1 is 1.10 bits per heavy atom. The van der Waals surface area contributed by atoms with Gasteiger partial charge in [-0.25, -0.2) is 13.2 Å².